The minimum atomic E-state index is -0.841. The molecule has 0 aliphatic carbocycles. The van der Waals surface area contributed by atoms with Crippen molar-refractivity contribution in [2.75, 3.05) is 51.2 Å². The summed E-state index contributed by atoms with van der Waals surface area (Å²) in [6, 6.07) is 7.28. The standard InChI is InChI=1S/C24H29N3O8/c1-15-6-5-9-26(13-15)18-8-7-16(10-19(18)27(30)31)24(29)35-14-22(28)25-17-11-20(32-2)23(34-4)21(12-17)33-3/h7-8,10-12,15H,5-6,9,13-14H2,1-4H3,(H,25,28). The number of benzene rings is 2. The topological polar surface area (TPSA) is 129 Å². The zero-order valence-corrected chi connectivity index (χ0v) is 20.2. The van der Waals surface area contributed by atoms with Crippen LogP contribution in [0.5, 0.6) is 17.2 Å². The molecule has 0 bridgehead atoms. The number of ether oxygens (including phenoxy) is 4. The largest absolute Gasteiger partial charge is 0.493 e. The van der Waals surface area contributed by atoms with E-state index < -0.39 is 23.4 Å². The van der Waals surface area contributed by atoms with Crippen LogP contribution in [0.15, 0.2) is 30.3 Å². The lowest BCUT2D eigenvalue weighted by molar-refractivity contribution is -0.384. The van der Waals surface area contributed by atoms with Crippen molar-refractivity contribution in [3.05, 3.63) is 46.0 Å². The van der Waals surface area contributed by atoms with E-state index in [2.05, 4.69) is 12.2 Å². The number of piperidine rings is 1. The molecule has 2 aromatic rings. The highest BCUT2D eigenvalue weighted by atomic mass is 16.6. The third kappa shape index (κ3) is 6.11. The predicted octanol–water partition coefficient (Wildman–Crippen LogP) is 3.65. The first-order valence-corrected chi connectivity index (χ1v) is 11.1. The molecular formula is C24H29N3O8. The number of nitro groups is 1. The Morgan fingerprint density at radius 1 is 1.11 bits per heavy atom. The molecule has 35 heavy (non-hydrogen) atoms. The predicted molar refractivity (Wildman–Crippen MR) is 129 cm³/mol. The lowest BCUT2D eigenvalue weighted by Crippen LogP contribution is -2.34. The van der Waals surface area contributed by atoms with E-state index in [9.17, 15) is 19.7 Å². The molecule has 1 unspecified atom stereocenters. The number of amides is 1. The van der Waals surface area contributed by atoms with Gasteiger partial charge in [-0.05, 0) is 30.9 Å². The number of carbonyl (C=O) groups excluding carboxylic acids is 2. The smallest absolute Gasteiger partial charge is 0.338 e. The highest BCUT2D eigenvalue weighted by molar-refractivity contribution is 5.96. The van der Waals surface area contributed by atoms with E-state index in [1.165, 1.54) is 45.6 Å². The SMILES string of the molecule is COc1cc(NC(=O)COC(=O)c2ccc(N3CCCC(C)C3)c([N+](=O)[O-])c2)cc(OC)c1OC. The molecule has 1 heterocycles. The van der Waals surface area contributed by atoms with E-state index in [-0.39, 0.29) is 11.3 Å². The second-order valence-electron chi connectivity index (χ2n) is 8.19. The van der Waals surface area contributed by atoms with Crippen molar-refractivity contribution in [1.82, 2.24) is 0 Å². The van der Waals surface area contributed by atoms with Gasteiger partial charge in [0.05, 0.1) is 31.8 Å². The fraction of sp³-hybridized carbons (Fsp3) is 0.417. The molecule has 0 saturated carbocycles. The van der Waals surface area contributed by atoms with Crippen molar-refractivity contribution in [2.24, 2.45) is 5.92 Å². The molecule has 0 radical (unpaired) electrons. The van der Waals surface area contributed by atoms with Crippen molar-refractivity contribution in [3.8, 4) is 17.2 Å². The van der Waals surface area contributed by atoms with E-state index in [1.54, 1.807) is 6.07 Å². The molecule has 188 valence electrons. The molecule has 1 aliphatic heterocycles. The molecule has 1 atom stereocenters. The Bertz CT molecular complexity index is 1080. The third-order valence-corrected chi connectivity index (χ3v) is 5.69. The van der Waals surface area contributed by atoms with E-state index in [0.717, 1.165) is 19.4 Å². The second-order valence-corrected chi connectivity index (χ2v) is 8.19. The van der Waals surface area contributed by atoms with Crippen molar-refractivity contribution < 1.29 is 33.5 Å². The Hall–Kier alpha value is -4.02. The summed E-state index contributed by atoms with van der Waals surface area (Å²) in [5.74, 6) is 0.0256. The zero-order chi connectivity index (χ0) is 25.5. The highest BCUT2D eigenvalue weighted by Gasteiger charge is 2.26. The Balaban J connectivity index is 1.67. The van der Waals surface area contributed by atoms with Crippen LogP contribution in [0, 0.1) is 16.0 Å². The molecule has 3 rings (SSSR count). The van der Waals surface area contributed by atoms with Crippen LogP contribution in [-0.2, 0) is 9.53 Å². The Morgan fingerprint density at radius 3 is 2.37 bits per heavy atom. The molecule has 1 saturated heterocycles. The molecule has 11 nitrogen and oxygen atoms in total. The summed E-state index contributed by atoms with van der Waals surface area (Å²) in [5.41, 5.74) is 0.635. The van der Waals surface area contributed by atoms with Crippen molar-refractivity contribution >= 4 is 28.9 Å². The average Bonchev–Trinajstić information content (AvgIpc) is 2.86. The molecular weight excluding hydrogens is 458 g/mol. The Morgan fingerprint density at radius 2 is 1.80 bits per heavy atom. The maximum atomic E-state index is 12.5. The monoisotopic (exact) mass is 487 g/mol. The van der Waals surface area contributed by atoms with E-state index in [1.807, 2.05) is 4.90 Å². The van der Waals surface area contributed by atoms with Crippen LogP contribution in [-0.4, -0.2) is 57.8 Å². The van der Waals surface area contributed by atoms with Crippen LogP contribution >= 0.6 is 0 Å². The van der Waals surface area contributed by atoms with Gasteiger partial charge in [0.1, 0.15) is 5.69 Å². The number of nitro benzene ring substituents is 1. The van der Waals surface area contributed by atoms with Gasteiger partial charge >= 0.3 is 5.97 Å². The summed E-state index contributed by atoms with van der Waals surface area (Å²) < 4.78 is 20.8. The number of anilines is 2. The first kappa shape index (κ1) is 25.6. The summed E-state index contributed by atoms with van der Waals surface area (Å²) in [7, 11) is 4.35. The quantitative estimate of drug-likeness (QED) is 0.320. The molecule has 1 amide bonds. The lowest BCUT2D eigenvalue weighted by Gasteiger charge is -2.32. The third-order valence-electron chi connectivity index (χ3n) is 5.69. The summed E-state index contributed by atoms with van der Waals surface area (Å²) in [6.45, 7) is 2.95. The molecule has 1 N–H and O–H groups in total. The Kier molecular flexibility index (Phi) is 8.34. The molecule has 0 spiro atoms. The van der Waals surface area contributed by atoms with Crippen LogP contribution in [0.1, 0.15) is 30.1 Å². The van der Waals surface area contributed by atoms with Crippen LogP contribution in [0.2, 0.25) is 0 Å². The van der Waals surface area contributed by atoms with E-state index in [0.29, 0.717) is 41.1 Å². The maximum Gasteiger partial charge on any atom is 0.338 e. The number of hydrogen-bond acceptors (Lipinski definition) is 9. The molecule has 1 aliphatic rings. The van der Waals surface area contributed by atoms with Gasteiger partial charge in [-0.1, -0.05) is 6.92 Å². The number of hydrogen-bond donors (Lipinski definition) is 1. The molecule has 0 aromatic heterocycles. The summed E-state index contributed by atoms with van der Waals surface area (Å²) in [4.78, 5) is 38.0. The number of nitrogens with zero attached hydrogens (tertiary/aromatic N) is 2. The lowest BCUT2D eigenvalue weighted by atomic mass is 9.99. The minimum Gasteiger partial charge on any atom is -0.493 e. The molecule has 11 heteroatoms. The van der Waals surface area contributed by atoms with Gasteiger partial charge in [-0.15, -0.1) is 0 Å². The minimum absolute atomic E-state index is 0.00825. The number of methoxy groups -OCH3 is 3. The molecule has 2 aromatic carbocycles. The van der Waals surface area contributed by atoms with Gasteiger partial charge in [-0.2, -0.15) is 0 Å². The van der Waals surface area contributed by atoms with Crippen LogP contribution in [0.4, 0.5) is 17.1 Å². The summed E-state index contributed by atoms with van der Waals surface area (Å²) in [5, 5.41) is 14.3. The number of carbonyl (C=O) groups is 2. The average molecular weight is 488 g/mol. The van der Waals surface area contributed by atoms with E-state index >= 15 is 0 Å². The van der Waals surface area contributed by atoms with Gasteiger partial charge in [0.25, 0.3) is 11.6 Å². The number of esters is 1. The van der Waals surface area contributed by atoms with Crippen LogP contribution in [0.3, 0.4) is 0 Å². The first-order chi connectivity index (χ1) is 16.8. The molecule has 1 fully saturated rings. The summed E-state index contributed by atoms with van der Waals surface area (Å²) >= 11 is 0. The maximum absolute atomic E-state index is 12.5. The zero-order valence-electron chi connectivity index (χ0n) is 20.2. The van der Waals surface area contributed by atoms with Gasteiger partial charge < -0.3 is 29.2 Å². The summed E-state index contributed by atoms with van der Waals surface area (Å²) in [6.07, 6.45) is 2.02. The fourth-order valence-corrected chi connectivity index (χ4v) is 4.04. The van der Waals surface area contributed by atoms with Gasteiger partial charge in [0, 0.05) is 37.0 Å². The van der Waals surface area contributed by atoms with Crippen molar-refractivity contribution in [3.63, 3.8) is 0 Å². The number of nitrogens with one attached hydrogen (secondary N) is 1. The highest BCUT2D eigenvalue weighted by Crippen LogP contribution is 2.40. The number of rotatable bonds is 9. The second kappa shape index (κ2) is 11.4. The van der Waals surface area contributed by atoms with Gasteiger partial charge in [-0.25, -0.2) is 4.79 Å². The first-order valence-electron chi connectivity index (χ1n) is 11.1. The van der Waals surface area contributed by atoms with Crippen LogP contribution in [0.25, 0.3) is 0 Å². The fourth-order valence-electron chi connectivity index (χ4n) is 4.04. The normalized spacial score (nSPS) is 15.2. The van der Waals surface area contributed by atoms with Gasteiger partial charge in [-0.3, -0.25) is 14.9 Å². The van der Waals surface area contributed by atoms with Crippen molar-refractivity contribution in [2.45, 2.75) is 19.8 Å². The van der Waals surface area contributed by atoms with Gasteiger partial charge in [0.2, 0.25) is 5.75 Å². The Labute approximate surface area is 203 Å². The van der Waals surface area contributed by atoms with E-state index in [4.69, 9.17) is 18.9 Å². The van der Waals surface area contributed by atoms with Crippen LogP contribution < -0.4 is 24.4 Å². The van der Waals surface area contributed by atoms with Gasteiger partial charge in [0.15, 0.2) is 18.1 Å². The van der Waals surface area contributed by atoms with Crippen molar-refractivity contribution in [1.29, 1.82) is 0 Å².